The average molecular weight is 492 g/mol. The van der Waals surface area contributed by atoms with Crippen molar-refractivity contribution in [3.63, 3.8) is 0 Å². The molecule has 35 heavy (non-hydrogen) atoms. The summed E-state index contributed by atoms with van der Waals surface area (Å²) < 4.78 is 29.4. The van der Waals surface area contributed by atoms with E-state index in [9.17, 15) is 14.0 Å². The van der Waals surface area contributed by atoms with Gasteiger partial charge in [0.15, 0.2) is 18.1 Å². The topological polar surface area (TPSA) is 107 Å². The minimum Gasteiger partial charge on any atom is -0.463 e. The van der Waals surface area contributed by atoms with Gasteiger partial charge in [0.25, 0.3) is 5.91 Å². The van der Waals surface area contributed by atoms with Crippen LogP contribution in [0.1, 0.15) is 10.4 Å². The zero-order valence-corrected chi connectivity index (χ0v) is 18.6. The highest BCUT2D eigenvalue weighted by molar-refractivity contribution is 6.31. The lowest BCUT2D eigenvalue weighted by molar-refractivity contribution is -0.119. The highest BCUT2D eigenvalue weighted by Gasteiger charge is 2.19. The quantitative estimate of drug-likeness (QED) is 0.302. The summed E-state index contributed by atoms with van der Waals surface area (Å²) in [5, 5.41) is 2.34. The largest absolute Gasteiger partial charge is 0.463 e. The second kappa shape index (κ2) is 9.40. The van der Waals surface area contributed by atoms with Gasteiger partial charge in [-0.3, -0.25) is 4.79 Å². The normalized spacial score (nSPS) is 10.9. The number of nitrogens with one attached hydrogen (secondary N) is 1. The number of halogens is 2. The van der Waals surface area contributed by atoms with Crippen LogP contribution in [-0.4, -0.2) is 28.5 Å². The molecule has 3 aromatic heterocycles. The van der Waals surface area contributed by atoms with Crippen molar-refractivity contribution in [1.29, 1.82) is 0 Å². The Morgan fingerprint density at radius 3 is 2.23 bits per heavy atom. The number of hydrogen-bond acceptors (Lipinski definition) is 7. The molecule has 0 aliphatic carbocycles. The molecular weight excluding hydrogens is 477 g/mol. The van der Waals surface area contributed by atoms with E-state index in [0.717, 1.165) is 6.07 Å². The van der Waals surface area contributed by atoms with E-state index >= 15 is 0 Å². The Hall–Kier alpha value is -4.50. The highest BCUT2D eigenvalue weighted by atomic mass is 35.5. The molecule has 2 aromatic carbocycles. The van der Waals surface area contributed by atoms with Gasteiger partial charge in [-0.05, 0) is 60.7 Å². The van der Waals surface area contributed by atoms with Crippen molar-refractivity contribution >= 4 is 40.2 Å². The molecular formula is C25H15ClFN3O5. The molecule has 8 nitrogen and oxygen atoms in total. The predicted octanol–water partition coefficient (Wildman–Crippen LogP) is 5.74. The maximum atomic E-state index is 13.3. The lowest BCUT2D eigenvalue weighted by Gasteiger charge is -2.09. The van der Waals surface area contributed by atoms with Gasteiger partial charge in [-0.1, -0.05) is 11.6 Å². The summed E-state index contributed by atoms with van der Waals surface area (Å²) in [5.41, 5.74) is 2.34. The Bertz CT molecular complexity index is 1530. The van der Waals surface area contributed by atoms with Crippen molar-refractivity contribution in [3.05, 3.63) is 89.6 Å². The zero-order chi connectivity index (χ0) is 24.4. The van der Waals surface area contributed by atoms with Crippen LogP contribution in [0.2, 0.25) is 5.02 Å². The van der Waals surface area contributed by atoms with Crippen molar-refractivity contribution in [2.24, 2.45) is 0 Å². The van der Waals surface area contributed by atoms with Crippen LogP contribution in [0.15, 0.2) is 82.0 Å². The van der Waals surface area contributed by atoms with Crippen molar-refractivity contribution in [1.82, 2.24) is 9.97 Å². The third-order valence-electron chi connectivity index (χ3n) is 4.95. The molecule has 1 amide bonds. The first-order valence-corrected chi connectivity index (χ1v) is 10.7. The number of amides is 1. The van der Waals surface area contributed by atoms with Gasteiger partial charge in [0.05, 0.1) is 34.1 Å². The third-order valence-corrected chi connectivity index (χ3v) is 5.24. The van der Waals surface area contributed by atoms with E-state index in [1.54, 1.807) is 30.3 Å². The van der Waals surface area contributed by atoms with Crippen molar-refractivity contribution < 1.29 is 27.6 Å². The Balaban J connectivity index is 1.36. The SMILES string of the molecule is O=C(COC(=O)c1ccc2nc(-c3ccco3)c(-c3ccco3)nc2c1)Nc1ccc(F)c(Cl)c1. The summed E-state index contributed by atoms with van der Waals surface area (Å²) >= 11 is 5.70. The van der Waals surface area contributed by atoms with Gasteiger partial charge in [-0.15, -0.1) is 0 Å². The summed E-state index contributed by atoms with van der Waals surface area (Å²) in [4.78, 5) is 33.9. The molecule has 3 heterocycles. The van der Waals surface area contributed by atoms with Crippen LogP contribution in [0.3, 0.4) is 0 Å². The van der Waals surface area contributed by atoms with Crippen molar-refractivity contribution in [2.75, 3.05) is 11.9 Å². The monoisotopic (exact) mass is 491 g/mol. The first kappa shape index (κ1) is 22.3. The Kier molecular flexibility index (Phi) is 5.99. The number of hydrogen-bond donors (Lipinski definition) is 1. The molecule has 0 atom stereocenters. The van der Waals surface area contributed by atoms with Gasteiger partial charge in [0.2, 0.25) is 0 Å². The van der Waals surface area contributed by atoms with Crippen molar-refractivity contribution in [3.8, 4) is 22.9 Å². The number of carbonyl (C=O) groups is 2. The molecule has 174 valence electrons. The second-order valence-electron chi connectivity index (χ2n) is 7.33. The lowest BCUT2D eigenvalue weighted by Crippen LogP contribution is -2.21. The summed E-state index contributed by atoms with van der Waals surface area (Å²) in [6.07, 6.45) is 3.05. The van der Waals surface area contributed by atoms with E-state index in [1.807, 2.05) is 0 Å². The molecule has 0 unspecified atom stereocenters. The molecule has 0 saturated carbocycles. The van der Waals surface area contributed by atoms with E-state index in [4.69, 9.17) is 25.2 Å². The molecule has 0 aliphatic heterocycles. The van der Waals surface area contributed by atoms with Crippen LogP contribution >= 0.6 is 11.6 Å². The molecule has 10 heteroatoms. The van der Waals surface area contributed by atoms with Gasteiger partial charge in [-0.2, -0.15) is 0 Å². The van der Waals surface area contributed by atoms with E-state index in [2.05, 4.69) is 15.3 Å². The zero-order valence-electron chi connectivity index (χ0n) is 17.8. The van der Waals surface area contributed by atoms with E-state index in [1.165, 1.54) is 36.8 Å². The van der Waals surface area contributed by atoms with Gasteiger partial charge < -0.3 is 18.9 Å². The summed E-state index contributed by atoms with van der Waals surface area (Å²) in [5.74, 6) is -0.943. The smallest absolute Gasteiger partial charge is 0.338 e. The number of ether oxygens (including phenoxy) is 1. The van der Waals surface area contributed by atoms with Crippen LogP contribution in [0.5, 0.6) is 0 Å². The number of rotatable bonds is 6. The number of carbonyl (C=O) groups excluding carboxylic acids is 2. The number of furan rings is 2. The first-order valence-electron chi connectivity index (χ1n) is 10.3. The minimum absolute atomic E-state index is 0.138. The fraction of sp³-hybridized carbons (Fsp3) is 0.0400. The maximum Gasteiger partial charge on any atom is 0.338 e. The molecule has 0 fully saturated rings. The molecule has 0 bridgehead atoms. The molecule has 5 aromatic rings. The van der Waals surface area contributed by atoms with Crippen molar-refractivity contribution in [2.45, 2.75) is 0 Å². The number of anilines is 1. The van der Waals surface area contributed by atoms with Gasteiger partial charge in [0, 0.05) is 5.69 Å². The standard InChI is InChI=1S/C25H15ClFN3O5/c26-16-12-15(6-7-17(16)27)28-22(31)13-35-25(32)14-5-8-18-19(11-14)30-24(21-4-2-10-34-21)23(29-18)20-3-1-9-33-20/h1-12H,13H2,(H,28,31). The highest BCUT2D eigenvalue weighted by Crippen LogP contribution is 2.31. The van der Waals surface area contributed by atoms with Crippen LogP contribution in [-0.2, 0) is 9.53 Å². The minimum atomic E-state index is -0.726. The second-order valence-corrected chi connectivity index (χ2v) is 7.74. The third kappa shape index (κ3) is 4.75. The van der Waals surface area contributed by atoms with Crippen LogP contribution < -0.4 is 5.32 Å². The maximum absolute atomic E-state index is 13.3. The molecule has 1 N–H and O–H groups in total. The van der Waals surface area contributed by atoms with Gasteiger partial charge in [0.1, 0.15) is 17.2 Å². The van der Waals surface area contributed by atoms with E-state index in [-0.39, 0.29) is 16.3 Å². The van der Waals surface area contributed by atoms with Crippen LogP contribution in [0.4, 0.5) is 10.1 Å². The van der Waals surface area contributed by atoms with Gasteiger partial charge in [-0.25, -0.2) is 19.2 Å². The average Bonchev–Trinajstić information content (AvgIpc) is 3.58. The Morgan fingerprint density at radius 2 is 1.60 bits per heavy atom. The summed E-state index contributed by atoms with van der Waals surface area (Å²) in [7, 11) is 0. The van der Waals surface area contributed by atoms with E-state index < -0.39 is 24.3 Å². The number of fused-ring (bicyclic) bond motifs is 1. The fourth-order valence-corrected chi connectivity index (χ4v) is 3.52. The molecule has 0 aliphatic rings. The predicted molar refractivity (Wildman–Crippen MR) is 125 cm³/mol. The molecule has 0 spiro atoms. The van der Waals surface area contributed by atoms with Crippen LogP contribution in [0.25, 0.3) is 33.9 Å². The number of nitrogens with zero attached hydrogens (tertiary/aromatic N) is 2. The number of aromatic nitrogens is 2. The summed E-state index contributed by atoms with van der Waals surface area (Å²) in [6, 6.07) is 15.4. The summed E-state index contributed by atoms with van der Waals surface area (Å²) in [6.45, 7) is -0.549. The Morgan fingerprint density at radius 1 is 0.914 bits per heavy atom. The number of esters is 1. The fourth-order valence-electron chi connectivity index (χ4n) is 3.34. The van der Waals surface area contributed by atoms with Gasteiger partial charge >= 0.3 is 5.97 Å². The Labute approximate surface area is 202 Å². The van der Waals surface area contributed by atoms with Crippen LogP contribution in [0, 0.1) is 5.82 Å². The number of benzene rings is 2. The molecule has 0 radical (unpaired) electrons. The molecule has 0 saturated heterocycles. The lowest BCUT2D eigenvalue weighted by atomic mass is 10.1. The molecule has 5 rings (SSSR count). The first-order chi connectivity index (χ1) is 17.0. The van der Waals surface area contributed by atoms with E-state index in [0.29, 0.717) is 33.9 Å².